The number of halogens is 2. The molecule has 0 N–H and O–H groups in total. The topological polar surface area (TPSA) is 82.7 Å². The van der Waals surface area contributed by atoms with Crippen LogP contribution in [0.15, 0.2) is 53.3 Å². The van der Waals surface area contributed by atoms with E-state index in [-0.39, 0.29) is 18.1 Å². The maximum absolute atomic E-state index is 12.7. The third kappa shape index (κ3) is 5.70. The Morgan fingerprint density at radius 1 is 1.11 bits per heavy atom. The van der Waals surface area contributed by atoms with Crippen molar-refractivity contribution in [2.75, 3.05) is 26.7 Å². The molecule has 38 heavy (non-hydrogen) atoms. The number of nitrogens with zero attached hydrogens (tertiary/aromatic N) is 4. The summed E-state index contributed by atoms with van der Waals surface area (Å²) in [5.41, 5.74) is 2.03. The fourth-order valence-corrected chi connectivity index (χ4v) is 4.40. The highest BCUT2D eigenvalue weighted by Gasteiger charge is 2.27. The zero-order valence-corrected chi connectivity index (χ0v) is 21.8. The Kier molecular flexibility index (Phi) is 7.16. The Hall–Kier alpha value is -3.79. The second kappa shape index (κ2) is 10.5. The highest BCUT2D eigenvalue weighted by molar-refractivity contribution is 5.87. The Morgan fingerprint density at radius 3 is 2.68 bits per heavy atom. The van der Waals surface area contributed by atoms with Crippen LogP contribution < -0.4 is 14.2 Å². The normalized spacial score (nSPS) is 16.3. The third-order valence-electron chi connectivity index (χ3n) is 6.40. The van der Waals surface area contributed by atoms with Crippen LogP contribution in [0, 0.1) is 0 Å². The molecule has 200 valence electrons. The number of fused-ring (bicyclic) bond motifs is 1. The Labute approximate surface area is 219 Å². The van der Waals surface area contributed by atoms with E-state index in [4.69, 9.17) is 18.7 Å². The van der Waals surface area contributed by atoms with Gasteiger partial charge in [-0.05, 0) is 24.6 Å². The van der Waals surface area contributed by atoms with E-state index in [0.29, 0.717) is 53.5 Å². The summed E-state index contributed by atoms with van der Waals surface area (Å²) in [5, 5.41) is 4.86. The van der Waals surface area contributed by atoms with Crippen molar-refractivity contribution in [3.8, 4) is 34.4 Å². The Morgan fingerprint density at radius 2 is 1.95 bits per heavy atom. The standard InChI is InChI=1S/C28H30F2N4O4/c1-28(2,3)25-13-21(33-38-25)17-6-5-7-18(10-17)37-27-20-11-23(35-4)24(12-22(20)31-16-32-27)36-19-8-9-34(14-19)15-26(29)30/h5-7,10-13,16,19,26H,8-9,14-15H2,1-4H3. The second-order valence-corrected chi connectivity index (χ2v) is 10.3. The zero-order valence-electron chi connectivity index (χ0n) is 21.8. The highest BCUT2D eigenvalue weighted by atomic mass is 19.3. The molecule has 0 spiro atoms. The van der Waals surface area contributed by atoms with Crippen molar-refractivity contribution in [3.63, 3.8) is 0 Å². The maximum atomic E-state index is 12.7. The summed E-state index contributed by atoms with van der Waals surface area (Å²) in [5.74, 6) is 2.71. The van der Waals surface area contributed by atoms with Crippen LogP contribution in [0.2, 0.25) is 0 Å². The van der Waals surface area contributed by atoms with E-state index in [9.17, 15) is 8.78 Å². The summed E-state index contributed by atoms with van der Waals surface area (Å²) < 4.78 is 48.9. The SMILES string of the molecule is COc1cc2c(Oc3cccc(-c4cc(C(C)(C)C)on4)c3)ncnc2cc1OC1CCN(CC(F)F)C1. The number of methoxy groups -OCH3 is 1. The molecule has 4 aromatic rings. The summed E-state index contributed by atoms with van der Waals surface area (Å²) in [4.78, 5) is 10.4. The maximum Gasteiger partial charge on any atom is 0.251 e. The van der Waals surface area contributed by atoms with Crippen LogP contribution >= 0.6 is 0 Å². The van der Waals surface area contributed by atoms with Crippen LogP contribution in [0.25, 0.3) is 22.2 Å². The van der Waals surface area contributed by atoms with Crippen molar-refractivity contribution in [2.24, 2.45) is 0 Å². The summed E-state index contributed by atoms with van der Waals surface area (Å²) in [6.07, 6.45) is -0.497. The Balaban J connectivity index is 1.38. The molecular formula is C28H30F2N4O4. The number of hydrogen-bond donors (Lipinski definition) is 0. The molecule has 2 aromatic heterocycles. The van der Waals surface area contributed by atoms with Gasteiger partial charge in [0.1, 0.15) is 29.6 Å². The molecular weight excluding hydrogens is 494 g/mol. The van der Waals surface area contributed by atoms with E-state index in [1.165, 1.54) is 6.33 Å². The number of hydrogen-bond acceptors (Lipinski definition) is 8. The first-order valence-electron chi connectivity index (χ1n) is 12.4. The van der Waals surface area contributed by atoms with E-state index in [2.05, 4.69) is 35.9 Å². The van der Waals surface area contributed by atoms with Gasteiger partial charge in [-0.1, -0.05) is 38.1 Å². The van der Waals surface area contributed by atoms with E-state index in [1.54, 1.807) is 24.1 Å². The van der Waals surface area contributed by atoms with Crippen molar-refractivity contribution in [2.45, 2.75) is 45.1 Å². The summed E-state index contributed by atoms with van der Waals surface area (Å²) in [6, 6.07) is 13.0. The van der Waals surface area contributed by atoms with Gasteiger partial charge in [0.05, 0.1) is 24.6 Å². The molecule has 5 rings (SSSR count). The first kappa shape index (κ1) is 25.8. The Bertz CT molecular complexity index is 1420. The van der Waals surface area contributed by atoms with Gasteiger partial charge in [0, 0.05) is 36.2 Å². The minimum Gasteiger partial charge on any atom is -0.493 e. The number of aromatic nitrogens is 3. The van der Waals surface area contributed by atoms with Crippen LogP contribution in [0.1, 0.15) is 33.0 Å². The predicted octanol–water partition coefficient (Wildman–Crippen LogP) is 6.10. The van der Waals surface area contributed by atoms with Gasteiger partial charge in [0.25, 0.3) is 6.43 Å². The van der Waals surface area contributed by atoms with Crippen LogP contribution in [0.5, 0.6) is 23.1 Å². The molecule has 1 unspecified atom stereocenters. The van der Waals surface area contributed by atoms with Crippen LogP contribution in [-0.2, 0) is 5.41 Å². The second-order valence-electron chi connectivity index (χ2n) is 10.3. The molecule has 1 aliphatic rings. The largest absolute Gasteiger partial charge is 0.493 e. The number of benzene rings is 2. The zero-order chi connectivity index (χ0) is 26.9. The lowest BCUT2D eigenvalue weighted by molar-refractivity contribution is 0.0928. The number of rotatable bonds is 8. The molecule has 0 bridgehead atoms. The minimum absolute atomic E-state index is 0.149. The molecule has 8 nitrogen and oxygen atoms in total. The molecule has 0 aliphatic carbocycles. The predicted molar refractivity (Wildman–Crippen MR) is 138 cm³/mol. The molecule has 3 heterocycles. The van der Waals surface area contributed by atoms with E-state index < -0.39 is 6.43 Å². The monoisotopic (exact) mass is 524 g/mol. The van der Waals surface area contributed by atoms with Crippen LogP contribution in [0.4, 0.5) is 8.78 Å². The van der Waals surface area contributed by atoms with Crippen molar-refractivity contribution < 1.29 is 27.5 Å². The average molecular weight is 525 g/mol. The van der Waals surface area contributed by atoms with E-state index in [0.717, 1.165) is 17.0 Å². The van der Waals surface area contributed by atoms with Crippen molar-refractivity contribution in [1.82, 2.24) is 20.0 Å². The van der Waals surface area contributed by atoms with E-state index >= 15 is 0 Å². The minimum atomic E-state index is -2.36. The van der Waals surface area contributed by atoms with Crippen molar-refractivity contribution >= 4 is 10.9 Å². The summed E-state index contributed by atoms with van der Waals surface area (Å²) in [7, 11) is 1.54. The number of alkyl halides is 2. The lowest BCUT2D eigenvalue weighted by atomic mass is 9.93. The van der Waals surface area contributed by atoms with Crippen LogP contribution in [0.3, 0.4) is 0 Å². The summed E-state index contributed by atoms with van der Waals surface area (Å²) in [6.45, 7) is 6.95. The highest BCUT2D eigenvalue weighted by Crippen LogP contribution is 2.38. The van der Waals surface area contributed by atoms with Gasteiger partial charge in [0.15, 0.2) is 11.5 Å². The fraction of sp³-hybridized carbons (Fsp3) is 0.393. The molecule has 0 radical (unpaired) electrons. The molecule has 2 aromatic carbocycles. The van der Waals surface area contributed by atoms with Gasteiger partial charge in [-0.15, -0.1) is 0 Å². The molecule has 0 saturated carbocycles. The number of likely N-dealkylation sites (tertiary alicyclic amines) is 1. The molecule has 0 amide bonds. The fourth-order valence-electron chi connectivity index (χ4n) is 4.40. The molecule has 10 heteroatoms. The lowest BCUT2D eigenvalue weighted by Gasteiger charge is -2.18. The van der Waals surface area contributed by atoms with Gasteiger partial charge in [0.2, 0.25) is 5.88 Å². The van der Waals surface area contributed by atoms with Crippen LogP contribution in [-0.4, -0.2) is 59.3 Å². The lowest BCUT2D eigenvalue weighted by Crippen LogP contribution is -2.29. The third-order valence-corrected chi connectivity index (χ3v) is 6.40. The van der Waals surface area contributed by atoms with E-state index in [1.807, 2.05) is 30.3 Å². The van der Waals surface area contributed by atoms with Crippen molar-refractivity contribution in [3.05, 3.63) is 54.6 Å². The van der Waals surface area contributed by atoms with Gasteiger partial charge >= 0.3 is 0 Å². The number of ether oxygens (including phenoxy) is 3. The van der Waals surface area contributed by atoms with Gasteiger partial charge in [-0.2, -0.15) is 0 Å². The molecule has 1 atom stereocenters. The molecule has 1 saturated heterocycles. The first-order valence-corrected chi connectivity index (χ1v) is 12.4. The smallest absolute Gasteiger partial charge is 0.251 e. The van der Waals surface area contributed by atoms with Gasteiger partial charge in [-0.25, -0.2) is 18.7 Å². The first-order chi connectivity index (χ1) is 18.2. The van der Waals surface area contributed by atoms with Gasteiger partial charge in [-0.3, -0.25) is 4.90 Å². The summed E-state index contributed by atoms with van der Waals surface area (Å²) >= 11 is 0. The quantitative estimate of drug-likeness (QED) is 0.273. The molecule has 1 fully saturated rings. The van der Waals surface area contributed by atoms with Gasteiger partial charge < -0.3 is 18.7 Å². The average Bonchev–Trinajstić information content (AvgIpc) is 3.54. The molecule has 1 aliphatic heterocycles. The van der Waals surface area contributed by atoms with Crippen molar-refractivity contribution in [1.29, 1.82) is 0 Å².